The lowest BCUT2D eigenvalue weighted by Gasteiger charge is -2.25. The highest BCUT2D eigenvalue weighted by Gasteiger charge is 2.32. The molecule has 0 aromatic heterocycles. The van der Waals surface area contributed by atoms with Crippen molar-refractivity contribution >= 4 is 11.9 Å². The third kappa shape index (κ3) is 3.34. The fourth-order valence-corrected chi connectivity index (χ4v) is 2.62. The Hall–Kier alpha value is -1.84. The first-order valence-electron chi connectivity index (χ1n) is 6.64. The summed E-state index contributed by atoms with van der Waals surface area (Å²) < 4.78 is 0. The Bertz CT molecular complexity index is 458. The summed E-state index contributed by atoms with van der Waals surface area (Å²) in [4.78, 5) is 24.5. The SMILES string of the molecule is C[C@@H](c1ccccc1)N1C[C@@H](CCC(=O)O)CC1=O. The van der Waals surface area contributed by atoms with Crippen molar-refractivity contribution in [3.05, 3.63) is 35.9 Å². The van der Waals surface area contributed by atoms with Gasteiger partial charge >= 0.3 is 5.97 Å². The molecule has 1 fully saturated rings. The predicted molar refractivity (Wildman–Crippen MR) is 71.5 cm³/mol. The van der Waals surface area contributed by atoms with E-state index >= 15 is 0 Å². The van der Waals surface area contributed by atoms with Crippen molar-refractivity contribution in [1.29, 1.82) is 0 Å². The number of carbonyl (C=O) groups excluding carboxylic acids is 1. The van der Waals surface area contributed by atoms with Crippen LogP contribution in [0.4, 0.5) is 0 Å². The molecular formula is C15H19NO3. The monoisotopic (exact) mass is 261 g/mol. The number of rotatable bonds is 5. The molecule has 4 heteroatoms. The molecule has 1 saturated heterocycles. The van der Waals surface area contributed by atoms with Gasteiger partial charge in [0.1, 0.15) is 0 Å². The lowest BCUT2D eigenvalue weighted by atomic mass is 10.0. The van der Waals surface area contributed by atoms with Crippen LogP contribution in [0.2, 0.25) is 0 Å². The highest BCUT2D eigenvalue weighted by molar-refractivity contribution is 5.79. The Balaban J connectivity index is 1.98. The second-order valence-corrected chi connectivity index (χ2v) is 5.14. The zero-order valence-electron chi connectivity index (χ0n) is 11.1. The van der Waals surface area contributed by atoms with Gasteiger partial charge in [0.25, 0.3) is 0 Å². The maximum atomic E-state index is 12.0. The van der Waals surface area contributed by atoms with Gasteiger partial charge in [-0.05, 0) is 24.8 Å². The number of amides is 1. The first-order chi connectivity index (χ1) is 9.08. The van der Waals surface area contributed by atoms with Crippen LogP contribution in [-0.2, 0) is 9.59 Å². The Morgan fingerprint density at radius 2 is 2.11 bits per heavy atom. The molecule has 1 aromatic carbocycles. The van der Waals surface area contributed by atoms with Crippen LogP contribution in [0.25, 0.3) is 0 Å². The summed E-state index contributed by atoms with van der Waals surface area (Å²) in [6.07, 6.45) is 1.20. The lowest BCUT2D eigenvalue weighted by molar-refractivity contribution is -0.137. The minimum Gasteiger partial charge on any atom is -0.481 e. The molecule has 1 N–H and O–H groups in total. The molecular weight excluding hydrogens is 242 g/mol. The van der Waals surface area contributed by atoms with Gasteiger partial charge in [0, 0.05) is 19.4 Å². The van der Waals surface area contributed by atoms with Crippen LogP contribution < -0.4 is 0 Å². The van der Waals surface area contributed by atoms with Crippen LogP contribution in [-0.4, -0.2) is 28.4 Å². The molecule has 0 aliphatic carbocycles. The number of likely N-dealkylation sites (tertiary alicyclic amines) is 1. The quantitative estimate of drug-likeness (QED) is 0.885. The third-order valence-corrected chi connectivity index (χ3v) is 3.75. The van der Waals surface area contributed by atoms with Gasteiger partial charge in [-0.2, -0.15) is 0 Å². The van der Waals surface area contributed by atoms with Crippen LogP contribution in [0.3, 0.4) is 0 Å². The lowest BCUT2D eigenvalue weighted by Crippen LogP contribution is -2.28. The van der Waals surface area contributed by atoms with Gasteiger partial charge in [-0.25, -0.2) is 0 Å². The Morgan fingerprint density at radius 3 is 2.74 bits per heavy atom. The van der Waals surface area contributed by atoms with Gasteiger partial charge in [-0.1, -0.05) is 30.3 Å². The molecule has 1 aliphatic rings. The van der Waals surface area contributed by atoms with Gasteiger partial charge < -0.3 is 10.0 Å². The number of nitrogens with zero attached hydrogens (tertiary/aromatic N) is 1. The van der Waals surface area contributed by atoms with Crippen molar-refractivity contribution < 1.29 is 14.7 Å². The normalized spacial score (nSPS) is 20.6. The highest BCUT2D eigenvalue weighted by atomic mass is 16.4. The number of hydrogen-bond acceptors (Lipinski definition) is 2. The Labute approximate surface area is 113 Å². The van der Waals surface area contributed by atoms with E-state index in [2.05, 4.69) is 0 Å². The van der Waals surface area contributed by atoms with E-state index in [1.807, 2.05) is 42.2 Å². The molecule has 19 heavy (non-hydrogen) atoms. The number of hydrogen-bond donors (Lipinski definition) is 1. The largest absolute Gasteiger partial charge is 0.481 e. The number of carbonyl (C=O) groups is 2. The molecule has 4 nitrogen and oxygen atoms in total. The number of carboxylic acid groups (broad SMARTS) is 1. The highest BCUT2D eigenvalue weighted by Crippen LogP contribution is 2.30. The maximum Gasteiger partial charge on any atom is 0.303 e. The van der Waals surface area contributed by atoms with E-state index in [1.54, 1.807) is 0 Å². The molecule has 1 aromatic rings. The van der Waals surface area contributed by atoms with Gasteiger partial charge in [-0.3, -0.25) is 9.59 Å². The molecule has 0 bridgehead atoms. The van der Waals surface area contributed by atoms with Crippen molar-refractivity contribution in [2.24, 2.45) is 5.92 Å². The molecule has 0 saturated carbocycles. The zero-order chi connectivity index (χ0) is 13.8. The van der Waals surface area contributed by atoms with E-state index in [4.69, 9.17) is 5.11 Å². The molecule has 0 unspecified atom stereocenters. The van der Waals surface area contributed by atoms with Gasteiger partial charge in [0.15, 0.2) is 0 Å². The number of aliphatic carboxylic acids is 1. The van der Waals surface area contributed by atoms with E-state index in [1.165, 1.54) is 0 Å². The average molecular weight is 261 g/mol. The fourth-order valence-electron chi connectivity index (χ4n) is 2.62. The van der Waals surface area contributed by atoms with Crippen molar-refractivity contribution in [3.8, 4) is 0 Å². The molecule has 1 heterocycles. The summed E-state index contributed by atoms with van der Waals surface area (Å²) in [6.45, 7) is 2.69. The van der Waals surface area contributed by atoms with E-state index < -0.39 is 5.97 Å². The molecule has 102 valence electrons. The topological polar surface area (TPSA) is 57.6 Å². The summed E-state index contributed by atoms with van der Waals surface area (Å²) in [7, 11) is 0. The molecule has 0 spiro atoms. The van der Waals surface area contributed by atoms with E-state index in [0.717, 1.165) is 5.56 Å². The van der Waals surface area contributed by atoms with E-state index in [-0.39, 0.29) is 24.3 Å². The second-order valence-electron chi connectivity index (χ2n) is 5.14. The summed E-state index contributed by atoms with van der Waals surface area (Å²) in [5.74, 6) is -0.483. The smallest absolute Gasteiger partial charge is 0.303 e. The molecule has 1 amide bonds. The molecule has 2 rings (SSSR count). The fraction of sp³-hybridized carbons (Fsp3) is 0.467. The van der Waals surface area contributed by atoms with Crippen molar-refractivity contribution in [2.75, 3.05) is 6.54 Å². The standard InChI is InChI=1S/C15H19NO3/c1-11(13-5-3-2-4-6-13)16-10-12(9-14(16)17)7-8-15(18)19/h2-6,11-12H,7-10H2,1H3,(H,18,19)/t11-,12-/m0/s1. The van der Waals surface area contributed by atoms with E-state index in [0.29, 0.717) is 19.4 Å². The molecule has 0 radical (unpaired) electrons. The van der Waals surface area contributed by atoms with Crippen molar-refractivity contribution in [2.45, 2.75) is 32.2 Å². The van der Waals surface area contributed by atoms with Crippen LogP contribution in [0.15, 0.2) is 30.3 Å². The first-order valence-corrected chi connectivity index (χ1v) is 6.64. The van der Waals surface area contributed by atoms with Crippen molar-refractivity contribution in [3.63, 3.8) is 0 Å². The summed E-state index contributed by atoms with van der Waals surface area (Å²) in [5.41, 5.74) is 1.12. The van der Waals surface area contributed by atoms with Crippen LogP contribution in [0.1, 0.15) is 37.8 Å². The predicted octanol–water partition coefficient (Wildman–Crippen LogP) is 2.46. The van der Waals surface area contributed by atoms with Crippen LogP contribution >= 0.6 is 0 Å². The minimum atomic E-state index is -0.790. The van der Waals surface area contributed by atoms with Gasteiger partial charge in [0.2, 0.25) is 5.91 Å². The number of carboxylic acids is 1. The average Bonchev–Trinajstić information content (AvgIpc) is 2.78. The Morgan fingerprint density at radius 1 is 1.42 bits per heavy atom. The Kier molecular flexibility index (Phi) is 4.20. The van der Waals surface area contributed by atoms with Crippen LogP contribution in [0, 0.1) is 5.92 Å². The maximum absolute atomic E-state index is 12.0. The minimum absolute atomic E-state index is 0.0588. The third-order valence-electron chi connectivity index (χ3n) is 3.75. The van der Waals surface area contributed by atoms with Gasteiger partial charge in [0.05, 0.1) is 6.04 Å². The summed E-state index contributed by atoms with van der Waals surface area (Å²) >= 11 is 0. The van der Waals surface area contributed by atoms with Crippen LogP contribution in [0.5, 0.6) is 0 Å². The summed E-state index contributed by atoms with van der Waals surface area (Å²) in [6, 6.07) is 9.98. The first kappa shape index (κ1) is 13.6. The zero-order valence-corrected chi connectivity index (χ0v) is 11.1. The van der Waals surface area contributed by atoms with Crippen molar-refractivity contribution in [1.82, 2.24) is 4.90 Å². The molecule has 2 atom stereocenters. The number of benzene rings is 1. The summed E-state index contributed by atoms with van der Waals surface area (Å²) in [5, 5.41) is 8.69. The van der Waals surface area contributed by atoms with E-state index in [9.17, 15) is 9.59 Å². The molecule has 1 aliphatic heterocycles. The van der Waals surface area contributed by atoms with Gasteiger partial charge in [-0.15, -0.1) is 0 Å². The second kappa shape index (κ2) is 5.87.